The van der Waals surface area contributed by atoms with Crippen molar-refractivity contribution in [2.45, 2.75) is 75.5 Å². The molecule has 0 unspecified atom stereocenters. The molecule has 6 N–H and O–H groups in total. The molecule has 140 valence electrons. The topological polar surface area (TPSA) is 158 Å². The fourth-order valence-electron chi connectivity index (χ4n) is 2.93. The SMILES string of the molecule is CC(=O)N[C@@H]1[C@@H](O[C@@H]2O[C@@H](C)C[C@@H](O)[C@H]2O)[C@H](O)[C@@H](CO)O[C@@H]1O. The van der Waals surface area contributed by atoms with Crippen molar-refractivity contribution in [2.24, 2.45) is 0 Å². The lowest BCUT2D eigenvalue weighted by atomic mass is 9.96. The number of aliphatic hydroxyl groups is 5. The van der Waals surface area contributed by atoms with E-state index >= 15 is 0 Å². The second-order valence-corrected chi connectivity index (χ2v) is 6.17. The van der Waals surface area contributed by atoms with Crippen LogP contribution >= 0.6 is 0 Å². The maximum absolute atomic E-state index is 11.3. The lowest BCUT2D eigenvalue weighted by molar-refractivity contribution is -0.324. The zero-order valence-electron chi connectivity index (χ0n) is 13.5. The molecule has 0 saturated carbocycles. The largest absolute Gasteiger partial charge is 0.394 e. The van der Waals surface area contributed by atoms with Crippen LogP contribution in [0.25, 0.3) is 0 Å². The van der Waals surface area contributed by atoms with Crippen LogP contribution in [0.2, 0.25) is 0 Å². The van der Waals surface area contributed by atoms with Crippen LogP contribution < -0.4 is 5.32 Å². The van der Waals surface area contributed by atoms with E-state index in [4.69, 9.17) is 14.2 Å². The lowest BCUT2D eigenvalue weighted by Gasteiger charge is -2.45. The van der Waals surface area contributed by atoms with Crippen LogP contribution in [0.4, 0.5) is 0 Å². The van der Waals surface area contributed by atoms with Crippen LogP contribution in [0.5, 0.6) is 0 Å². The molecule has 2 aliphatic rings. The molecule has 0 radical (unpaired) electrons. The molecule has 2 saturated heterocycles. The minimum absolute atomic E-state index is 0.217. The molecule has 2 heterocycles. The monoisotopic (exact) mass is 351 g/mol. The van der Waals surface area contributed by atoms with Gasteiger partial charge in [0.05, 0.1) is 18.8 Å². The van der Waals surface area contributed by atoms with Crippen molar-refractivity contribution in [3.05, 3.63) is 0 Å². The Morgan fingerprint density at radius 1 is 1.21 bits per heavy atom. The normalized spacial score (nSPS) is 46.5. The summed E-state index contributed by atoms with van der Waals surface area (Å²) in [6.45, 7) is 2.31. The first-order valence-electron chi connectivity index (χ1n) is 7.81. The van der Waals surface area contributed by atoms with Crippen LogP contribution in [0, 0.1) is 0 Å². The maximum atomic E-state index is 11.3. The number of carbonyl (C=O) groups excluding carboxylic acids is 1. The smallest absolute Gasteiger partial charge is 0.217 e. The Balaban J connectivity index is 2.18. The molecule has 0 aromatic heterocycles. The summed E-state index contributed by atoms with van der Waals surface area (Å²) in [6.07, 6.45) is -9.21. The number of carbonyl (C=O) groups is 1. The van der Waals surface area contributed by atoms with Gasteiger partial charge in [0.25, 0.3) is 0 Å². The fourth-order valence-corrected chi connectivity index (χ4v) is 2.93. The highest BCUT2D eigenvalue weighted by Gasteiger charge is 2.48. The summed E-state index contributed by atoms with van der Waals surface area (Å²) >= 11 is 0. The van der Waals surface area contributed by atoms with Crippen molar-refractivity contribution in [1.29, 1.82) is 0 Å². The van der Waals surface area contributed by atoms with Gasteiger partial charge in [0.1, 0.15) is 30.5 Å². The van der Waals surface area contributed by atoms with E-state index in [2.05, 4.69) is 5.32 Å². The molecule has 2 aliphatic heterocycles. The van der Waals surface area contributed by atoms with E-state index in [0.717, 1.165) is 0 Å². The highest BCUT2D eigenvalue weighted by atomic mass is 16.7. The molecule has 24 heavy (non-hydrogen) atoms. The fraction of sp³-hybridized carbons (Fsp3) is 0.929. The molecule has 0 bridgehead atoms. The number of aliphatic hydroxyl groups excluding tert-OH is 5. The van der Waals surface area contributed by atoms with Crippen molar-refractivity contribution in [2.75, 3.05) is 6.61 Å². The molecule has 0 aliphatic carbocycles. The minimum atomic E-state index is -1.54. The summed E-state index contributed by atoms with van der Waals surface area (Å²) in [7, 11) is 0. The average Bonchev–Trinajstić information content (AvgIpc) is 2.50. The van der Waals surface area contributed by atoms with Gasteiger partial charge in [0.2, 0.25) is 5.91 Å². The van der Waals surface area contributed by atoms with Crippen LogP contribution in [0.1, 0.15) is 20.3 Å². The van der Waals surface area contributed by atoms with Crippen LogP contribution in [-0.2, 0) is 19.0 Å². The van der Waals surface area contributed by atoms with Gasteiger partial charge in [0.15, 0.2) is 12.6 Å². The van der Waals surface area contributed by atoms with E-state index in [-0.39, 0.29) is 6.42 Å². The first-order valence-corrected chi connectivity index (χ1v) is 7.81. The maximum Gasteiger partial charge on any atom is 0.217 e. The molecular formula is C14H25NO9. The quantitative estimate of drug-likeness (QED) is 0.307. The van der Waals surface area contributed by atoms with Gasteiger partial charge in [-0.2, -0.15) is 0 Å². The number of hydrogen-bond acceptors (Lipinski definition) is 9. The highest BCUT2D eigenvalue weighted by molar-refractivity contribution is 5.73. The van der Waals surface area contributed by atoms with E-state index in [1.165, 1.54) is 6.92 Å². The summed E-state index contributed by atoms with van der Waals surface area (Å²) in [5.74, 6) is -0.496. The van der Waals surface area contributed by atoms with E-state index in [1.54, 1.807) is 6.92 Å². The molecule has 0 aromatic carbocycles. The zero-order valence-corrected chi connectivity index (χ0v) is 13.5. The van der Waals surface area contributed by atoms with Gasteiger partial charge in [-0.3, -0.25) is 4.79 Å². The molecule has 0 spiro atoms. The third kappa shape index (κ3) is 4.21. The van der Waals surface area contributed by atoms with Crippen molar-refractivity contribution >= 4 is 5.91 Å². The molecule has 9 atom stereocenters. The van der Waals surface area contributed by atoms with Gasteiger partial charge in [-0.25, -0.2) is 0 Å². The number of rotatable bonds is 4. The Morgan fingerprint density at radius 2 is 1.88 bits per heavy atom. The number of nitrogens with one attached hydrogen (secondary N) is 1. The average molecular weight is 351 g/mol. The second-order valence-electron chi connectivity index (χ2n) is 6.17. The van der Waals surface area contributed by atoms with E-state index in [0.29, 0.717) is 0 Å². The predicted octanol–water partition coefficient (Wildman–Crippen LogP) is -3.20. The van der Waals surface area contributed by atoms with Crippen LogP contribution in [-0.4, -0.2) is 93.3 Å². The zero-order chi connectivity index (χ0) is 18.0. The van der Waals surface area contributed by atoms with Crippen molar-refractivity contribution in [3.63, 3.8) is 0 Å². The van der Waals surface area contributed by atoms with Crippen LogP contribution in [0.3, 0.4) is 0 Å². The summed E-state index contributed by atoms with van der Waals surface area (Å²) in [5, 5.41) is 51.8. The number of hydrogen-bond donors (Lipinski definition) is 6. The lowest BCUT2D eigenvalue weighted by Crippen LogP contribution is -2.66. The van der Waals surface area contributed by atoms with Gasteiger partial charge in [-0.05, 0) is 6.92 Å². The van der Waals surface area contributed by atoms with Crippen molar-refractivity contribution in [3.8, 4) is 0 Å². The van der Waals surface area contributed by atoms with Gasteiger partial charge in [0, 0.05) is 13.3 Å². The molecular weight excluding hydrogens is 326 g/mol. The van der Waals surface area contributed by atoms with E-state index in [9.17, 15) is 30.3 Å². The highest BCUT2D eigenvalue weighted by Crippen LogP contribution is 2.28. The Bertz CT molecular complexity index is 436. The van der Waals surface area contributed by atoms with Gasteiger partial charge >= 0.3 is 0 Å². The third-order valence-corrected chi connectivity index (χ3v) is 4.15. The third-order valence-electron chi connectivity index (χ3n) is 4.15. The van der Waals surface area contributed by atoms with Crippen molar-refractivity contribution in [1.82, 2.24) is 5.32 Å². The minimum Gasteiger partial charge on any atom is -0.394 e. The van der Waals surface area contributed by atoms with E-state index in [1.807, 2.05) is 0 Å². The molecule has 1 amide bonds. The Hall–Kier alpha value is -0.850. The summed E-state index contributed by atoms with van der Waals surface area (Å²) in [5.41, 5.74) is 0. The summed E-state index contributed by atoms with van der Waals surface area (Å²) < 4.78 is 16.1. The van der Waals surface area contributed by atoms with Crippen molar-refractivity contribution < 1.29 is 44.5 Å². The summed E-state index contributed by atoms with van der Waals surface area (Å²) in [4.78, 5) is 11.3. The molecule has 0 aromatic rings. The molecule has 10 heteroatoms. The Labute approximate surface area is 138 Å². The molecule has 10 nitrogen and oxygen atoms in total. The molecule has 2 rings (SSSR count). The molecule has 2 fully saturated rings. The Morgan fingerprint density at radius 3 is 2.46 bits per heavy atom. The first kappa shape index (κ1) is 19.5. The predicted molar refractivity (Wildman–Crippen MR) is 77.4 cm³/mol. The number of ether oxygens (including phenoxy) is 3. The van der Waals surface area contributed by atoms with E-state index < -0.39 is 67.8 Å². The second kappa shape index (κ2) is 8.02. The number of amides is 1. The standard InChI is InChI=1S/C14H25NO9/c1-5-3-7(18)10(19)14(22-5)24-12-9(15-6(2)17)13(21)23-8(4-16)11(12)20/h5,7-14,16,18-21H,3-4H2,1-2H3,(H,15,17)/t5-,7+,8+,9+,10+,11+,12+,13-,14-/m0/s1. The van der Waals surface area contributed by atoms with Crippen LogP contribution in [0.15, 0.2) is 0 Å². The van der Waals surface area contributed by atoms with Gasteiger partial charge in [-0.15, -0.1) is 0 Å². The van der Waals surface area contributed by atoms with Gasteiger partial charge < -0.3 is 45.1 Å². The summed E-state index contributed by atoms with van der Waals surface area (Å²) in [6, 6.07) is -1.15. The first-order chi connectivity index (χ1) is 11.2. The Kier molecular flexibility index (Phi) is 6.51. The van der Waals surface area contributed by atoms with Gasteiger partial charge in [-0.1, -0.05) is 0 Å².